The van der Waals surface area contributed by atoms with Crippen LogP contribution in [0.5, 0.6) is 11.5 Å². The molecular weight excluding hydrogens is 206 g/mol. The van der Waals surface area contributed by atoms with E-state index in [0.29, 0.717) is 22.8 Å². The maximum Gasteiger partial charge on any atom is 0.258 e. The molecule has 0 bridgehead atoms. The largest absolute Gasteiger partial charge is 0.493 e. The Morgan fingerprint density at radius 3 is 2.12 bits per heavy atom. The predicted octanol–water partition coefficient (Wildman–Crippen LogP) is 1.76. The standard InChI is InChI=1S/C12H13NO3/c1-7-8-5-10(15-3)11(16-4)6-9(8)12(14)13(7)2/h5-6H,1H2,2-4H3. The number of rotatable bonds is 2. The van der Waals surface area contributed by atoms with Gasteiger partial charge in [-0.15, -0.1) is 0 Å². The third kappa shape index (κ3) is 1.26. The number of carbonyl (C=O) groups excluding carboxylic acids is 1. The number of methoxy groups -OCH3 is 2. The second kappa shape index (κ2) is 3.56. The Kier molecular flexibility index (Phi) is 2.34. The molecule has 0 aromatic heterocycles. The first-order valence-electron chi connectivity index (χ1n) is 4.83. The van der Waals surface area contributed by atoms with E-state index >= 15 is 0 Å². The van der Waals surface area contributed by atoms with Crippen molar-refractivity contribution >= 4 is 11.6 Å². The number of hydrogen-bond donors (Lipinski definition) is 0. The number of ether oxygens (including phenoxy) is 2. The fraction of sp³-hybridized carbons (Fsp3) is 0.250. The lowest BCUT2D eigenvalue weighted by Gasteiger charge is -2.09. The zero-order valence-electron chi connectivity index (χ0n) is 9.53. The van der Waals surface area contributed by atoms with E-state index in [-0.39, 0.29) is 5.91 Å². The SMILES string of the molecule is C=C1c2cc(OC)c(OC)cc2C(=O)N1C. The maximum atomic E-state index is 11.8. The Balaban J connectivity index is 2.64. The summed E-state index contributed by atoms with van der Waals surface area (Å²) in [5, 5.41) is 0. The smallest absolute Gasteiger partial charge is 0.258 e. The van der Waals surface area contributed by atoms with Gasteiger partial charge in [0.15, 0.2) is 11.5 Å². The van der Waals surface area contributed by atoms with Crippen molar-refractivity contribution in [3.8, 4) is 11.5 Å². The normalized spacial score (nSPS) is 14.1. The van der Waals surface area contributed by atoms with Crippen molar-refractivity contribution in [2.75, 3.05) is 21.3 Å². The highest BCUT2D eigenvalue weighted by Crippen LogP contribution is 2.38. The molecule has 0 saturated carbocycles. The van der Waals surface area contributed by atoms with E-state index in [1.807, 2.05) is 0 Å². The Labute approximate surface area is 94.1 Å². The van der Waals surface area contributed by atoms with E-state index in [1.165, 1.54) is 4.90 Å². The van der Waals surface area contributed by atoms with Crippen LogP contribution in [0.1, 0.15) is 15.9 Å². The number of carbonyl (C=O) groups is 1. The van der Waals surface area contributed by atoms with Gasteiger partial charge in [-0.1, -0.05) is 6.58 Å². The summed E-state index contributed by atoms with van der Waals surface area (Å²) in [5.41, 5.74) is 2.08. The molecule has 1 aliphatic heterocycles. The highest BCUT2D eigenvalue weighted by atomic mass is 16.5. The molecule has 0 spiro atoms. The highest BCUT2D eigenvalue weighted by molar-refractivity contribution is 6.09. The fourth-order valence-electron chi connectivity index (χ4n) is 1.78. The van der Waals surface area contributed by atoms with E-state index in [1.54, 1.807) is 33.4 Å². The zero-order chi connectivity index (χ0) is 11.9. The van der Waals surface area contributed by atoms with Gasteiger partial charge in [0.2, 0.25) is 0 Å². The molecule has 0 N–H and O–H groups in total. The summed E-state index contributed by atoms with van der Waals surface area (Å²) in [6, 6.07) is 3.46. The summed E-state index contributed by atoms with van der Waals surface area (Å²) in [5.74, 6) is 1.09. The van der Waals surface area contributed by atoms with Gasteiger partial charge in [0.25, 0.3) is 5.91 Å². The summed E-state index contributed by atoms with van der Waals surface area (Å²) in [6.07, 6.45) is 0. The molecule has 4 nitrogen and oxygen atoms in total. The van der Waals surface area contributed by atoms with Crippen LogP contribution in [0.15, 0.2) is 18.7 Å². The predicted molar refractivity (Wildman–Crippen MR) is 60.7 cm³/mol. The summed E-state index contributed by atoms with van der Waals surface area (Å²) in [4.78, 5) is 13.4. The summed E-state index contributed by atoms with van der Waals surface area (Å²) >= 11 is 0. The average molecular weight is 219 g/mol. The number of nitrogens with zero attached hydrogens (tertiary/aromatic N) is 1. The van der Waals surface area contributed by atoms with Crippen LogP contribution < -0.4 is 9.47 Å². The minimum atomic E-state index is -0.0686. The third-order valence-corrected chi connectivity index (χ3v) is 2.77. The lowest BCUT2D eigenvalue weighted by atomic mass is 10.1. The Morgan fingerprint density at radius 1 is 1.12 bits per heavy atom. The van der Waals surface area contributed by atoms with Crippen LogP contribution in [0.2, 0.25) is 0 Å². The van der Waals surface area contributed by atoms with Gasteiger partial charge in [0, 0.05) is 18.3 Å². The van der Waals surface area contributed by atoms with Gasteiger partial charge in [0.05, 0.1) is 19.8 Å². The van der Waals surface area contributed by atoms with E-state index in [0.717, 1.165) is 5.56 Å². The van der Waals surface area contributed by atoms with Crippen LogP contribution in [-0.2, 0) is 0 Å². The van der Waals surface area contributed by atoms with Crippen LogP contribution in [0.3, 0.4) is 0 Å². The molecule has 0 fully saturated rings. The van der Waals surface area contributed by atoms with Gasteiger partial charge in [-0.05, 0) is 12.1 Å². The molecular formula is C12H13NO3. The summed E-state index contributed by atoms with van der Waals surface area (Å²) < 4.78 is 10.3. The molecule has 4 heteroatoms. The van der Waals surface area contributed by atoms with Crippen molar-refractivity contribution in [1.29, 1.82) is 0 Å². The summed E-state index contributed by atoms with van der Waals surface area (Å²) in [7, 11) is 4.80. The molecule has 1 aromatic carbocycles. The van der Waals surface area contributed by atoms with Crippen molar-refractivity contribution in [3.63, 3.8) is 0 Å². The van der Waals surface area contributed by atoms with E-state index in [4.69, 9.17) is 9.47 Å². The van der Waals surface area contributed by atoms with E-state index in [9.17, 15) is 4.79 Å². The molecule has 0 radical (unpaired) electrons. The van der Waals surface area contributed by atoms with Crippen molar-refractivity contribution < 1.29 is 14.3 Å². The van der Waals surface area contributed by atoms with Gasteiger partial charge in [0.1, 0.15) is 0 Å². The number of amides is 1. The first-order chi connectivity index (χ1) is 7.60. The Morgan fingerprint density at radius 2 is 1.62 bits per heavy atom. The van der Waals surface area contributed by atoms with Gasteiger partial charge in [-0.3, -0.25) is 4.79 Å². The number of benzene rings is 1. The first kappa shape index (κ1) is 10.5. The highest BCUT2D eigenvalue weighted by Gasteiger charge is 2.30. The fourth-order valence-corrected chi connectivity index (χ4v) is 1.78. The van der Waals surface area contributed by atoms with Crippen molar-refractivity contribution in [3.05, 3.63) is 29.8 Å². The van der Waals surface area contributed by atoms with E-state index in [2.05, 4.69) is 6.58 Å². The quantitative estimate of drug-likeness (QED) is 0.760. The van der Waals surface area contributed by atoms with Crippen LogP contribution in [0.4, 0.5) is 0 Å². The monoisotopic (exact) mass is 219 g/mol. The minimum Gasteiger partial charge on any atom is -0.493 e. The second-order valence-electron chi connectivity index (χ2n) is 3.56. The molecule has 1 amide bonds. The van der Waals surface area contributed by atoms with Crippen molar-refractivity contribution in [2.45, 2.75) is 0 Å². The van der Waals surface area contributed by atoms with Crippen LogP contribution >= 0.6 is 0 Å². The lowest BCUT2D eigenvalue weighted by molar-refractivity contribution is 0.0874. The summed E-state index contributed by atoms with van der Waals surface area (Å²) in [6.45, 7) is 3.87. The lowest BCUT2D eigenvalue weighted by Crippen LogP contribution is -2.16. The van der Waals surface area contributed by atoms with Crippen LogP contribution in [-0.4, -0.2) is 32.1 Å². The zero-order valence-corrected chi connectivity index (χ0v) is 9.53. The molecule has 2 rings (SSSR count). The molecule has 0 aliphatic carbocycles. The molecule has 84 valence electrons. The maximum absolute atomic E-state index is 11.8. The van der Waals surface area contributed by atoms with Gasteiger partial charge >= 0.3 is 0 Å². The Hall–Kier alpha value is -1.97. The second-order valence-corrected chi connectivity index (χ2v) is 3.56. The Bertz CT molecular complexity index is 436. The molecule has 1 aliphatic rings. The minimum absolute atomic E-state index is 0.0686. The third-order valence-electron chi connectivity index (χ3n) is 2.77. The molecule has 16 heavy (non-hydrogen) atoms. The van der Waals surface area contributed by atoms with Gasteiger partial charge in [-0.2, -0.15) is 0 Å². The molecule has 0 saturated heterocycles. The van der Waals surface area contributed by atoms with Crippen molar-refractivity contribution in [1.82, 2.24) is 4.90 Å². The number of hydrogen-bond acceptors (Lipinski definition) is 3. The molecule has 0 atom stereocenters. The average Bonchev–Trinajstić information content (AvgIpc) is 2.52. The van der Waals surface area contributed by atoms with Crippen molar-refractivity contribution in [2.24, 2.45) is 0 Å². The van der Waals surface area contributed by atoms with Gasteiger partial charge in [-0.25, -0.2) is 0 Å². The number of fused-ring (bicyclic) bond motifs is 1. The van der Waals surface area contributed by atoms with E-state index < -0.39 is 0 Å². The molecule has 1 aromatic rings. The van der Waals surface area contributed by atoms with Gasteiger partial charge < -0.3 is 14.4 Å². The van der Waals surface area contributed by atoms with Crippen LogP contribution in [0.25, 0.3) is 5.70 Å². The topological polar surface area (TPSA) is 38.8 Å². The first-order valence-corrected chi connectivity index (χ1v) is 4.83. The van der Waals surface area contributed by atoms with Crippen LogP contribution in [0, 0.1) is 0 Å². The molecule has 0 unspecified atom stereocenters. The molecule has 1 heterocycles.